The van der Waals surface area contributed by atoms with E-state index in [0.717, 1.165) is 13.8 Å². The molecule has 0 radical (unpaired) electrons. The van der Waals surface area contributed by atoms with E-state index in [2.05, 4.69) is 37.2 Å². The normalized spacial score (nSPS) is 10.4. The van der Waals surface area contributed by atoms with Gasteiger partial charge in [0.15, 0.2) is 0 Å². The molecule has 2 aromatic rings. The van der Waals surface area contributed by atoms with Crippen LogP contribution in [0.3, 0.4) is 0 Å². The summed E-state index contributed by atoms with van der Waals surface area (Å²) in [6.45, 7) is 0.557. The summed E-state index contributed by atoms with van der Waals surface area (Å²) in [5.74, 6) is -0.0397. The van der Waals surface area contributed by atoms with Crippen molar-refractivity contribution in [3.05, 3.63) is 41.6 Å². The summed E-state index contributed by atoms with van der Waals surface area (Å²) in [6.07, 6.45) is 0. The number of hydrogen-bond donors (Lipinski definition) is 1. The number of nitrogens with one attached hydrogen (secondary N) is 1. The largest absolute Gasteiger partial charge is 0.346 e. The van der Waals surface area contributed by atoms with Gasteiger partial charge in [-0.15, -0.1) is 22.7 Å². The van der Waals surface area contributed by atoms with Crippen molar-refractivity contribution >= 4 is 60.4 Å². The number of thiophene rings is 2. The lowest BCUT2D eigenvalue weighted by atomic mass is 10.4. The zero-order chi connectivity index (χ0) is 11.5. The molecule has 0 unspecified atom stereocenters. The Morgan fingerprint density at radius 1 is 1.19 bits per heavy atom. The van der Waals surface area contributed by atoms with E-state index in [1.807, 2.05) is 22.9 Å². The molecule has 0 atom stereocenters. The van der Waals surface area contributed by atoms with Crippen LogP contribution in [0, 0.1) is 0 Å². The van der Waals surface area contributed by atoms with Gasteiger partial charge in [0.05, 0.1) is 6.54 Å². The van der Waals surface area contributed by atoms with Crippen molar-refractivity contribution in [1.82, 2.24) is 5.32 Å². The lowest BCUT2D eigenvalue weighted by Gasteiger charge is -2.02. The summed E-state index contributed by atoms with van der Waals surface area (Å²) in [6, 6.07) is 3.86. The van der Waals surface area contributed by atoms with E-state index in [1.54, 1.807) is 11.3 Å². The van der Waals surface area contributed by atoms with Crippen molar-refractivity contribution in [3.8, 4) is 0 Å². The third-order valence-electron chi connectivity index (χ3n) is 1.92. The number of halogens is 2. The predicted octanol–water partition coefficient (Wildman–Crippen LogP) is 4.26. The van der Waals surface area contributed by atoms with Gasteiger partial charge in [-0.3, -0.25) is 4.79 Å². The number of rotatable bonds is 3. The molecule has 0 aliphatic rings. The smallest absolute Gasteiger partial charge is 0.262 e. The second kappa shape index (κ2) is 5.44. The van der Waals surface area contributed by atoms with Crippen molar-refractivity contribution in [2.45, 2.75) is 6.54 Å². The minimum Gasteiger partial charge on any atom is -0.346 e. The van der Waals surface area contributed by atoms with Gasteiger partial charge in [-0.1, -0.05) is 0 Å². The van der Waals surface area contributed by atoms with Crippen LogP contribution in [0.4, 0.5) is 0 Å². The van der Waals surface area contributed by atoms with Gasteiger partial charge in [-0.2, -0.15) is 0 Å². The molecule has 2 rings (SSSR count). The summed E-state index contributed by atoms with van der Waals surface area (Å²) in [4.78, 5) is 13.6. The average molecular weight is 381 g/mol. The Labute approximate surface area is 118 Å². The molecule has 0 bridgehead atoms. The lowest BCUT2D eigenvalue weighted by Crippen LogP contribution is -2.21. The van der Waals surface area contributed by atoms with Gasteiger partial charge in [0, 0.05) is 13.8 Å². The first kappa shape index (κ1) is 12.3. The van der Waals surface area contributed by atoms with Crippen molar-refractivity contribution in [2.75, 3.05) is 0 Å². The first-order valence-corrected chi connectivity index (χ1v) is 7.76. The van der Waals surface area contributed by atoms with Crippen LogP contribution in [0.5, 0.6) is 0 Å². The van der Waals surface area contributed by atoms with Gasteiger partial charge in [0.2, 0.25) is 0 Å². The fourth-order valence-electron chi connectivity index (χ4n) is 1.15. The van der Waals surface area contributed by atoms with Gasteiger partial charge in [-0.25, -0.2) is 0 Å². The van der Waals surface area contributed by atoms with Crippen LogP contribution >= 0.6 is 54.5 Å². The molecule has 0 fully saturated rings. The zero-order valence-electron chi connectivity index (χ0n) is 8.00. The molecular weight excluding hydrogens is 374 g/mol. The van der Waals surface area contributed by atoms with E-state index in [4.69, 9.17) is 0 Å². The monoisotopic (exact) mass is 379 g/mol. The summed E-state index contributed by atoms with van der Waals surface area (Å²) in [7, 11) is 0. The number of hydrogen-bond acceptors (Lipinski definition) is 3. The predicted molar refractivity (Wildman–Crippen MR) is 75.2 cm³/mol. The van der Waals surface area contributed by atoms with E-state index in [1.165, 1.54) is 11.3 Å². The fourth-order valence-corrected chi connectivity index (χ4v) is 4.05. The highest BCUT2D eigenvalue weighted by molar-refractivity contribution is 9.11. The molecule has 2 nitrogen and oxygen atoms in total. The Bertz CT molecular complexity index is 506. The Morgan fingerprint density at radius 3 is 2.44 bits per heavy atom. The average Bonchev–Trinajstić information content (AvgIpc) is 2.84. The minimum atomic E-state index is -0.0397. The highest BCUT2D eigenvalue weighted by atomic mass is 79.9. The van der Waals surface area contributed by atoms with Crippen LogP contribution in [0.25, 0.3) is 0 Å². The Balaban J connectivity index is 1.99. The van der Waals surface area contributed by atoms with E-state index in [0.29, 0.717) is 11.4 Å². The molecule has 6 heteroatoms. The molecule has 84 valence electrons. The minimum absolute atomic E-state index is 0.0397. The second-order valence-electron chi connectivity index (χ2n) is 2.97. The molecule has 0 aromatic carbocycles. The third-order valence-corrected chi connectivity index (χ3v) is 5.69. The van der Waals surface area contributed by atoms with Crippen LogP contribution in [0.2, 0.25) is 0 Å². The molecule has 0 aliphatic carbocycles. The Morgan fingerprint density at radius 2 is 1.88 bits per heavy atom. The molecule has 1 amide bonds. The molecular formula is C10H7Br2NOS2. The summed E-state index contributed by atoms with van der Waals surface area (Å²) < 4.78 is 1.89. The summed E-state index contributed by atoms with van der Waals surface area (Å²) >= 11 is 9.83. The summed E-state index contributed by atoms with van der Waals surface area (Å²) in [5.41, 5.74) is 0. The first-order chi connectivity index (χ1) is 7.68. The fraction of sp³-hybridized carbons (Fsp3) is 0.100. The molecule has 16 heavy (non-hydrogen) atoms. The molecule has 0 aliphatic heterocycles. The highest BCUT2D eigenvalue weighted by Gasteiger charge is 2.11. The van der Waals surface area contributed by atoms with E-state index < -0.39 is 0 Å². The topological polar surface area (TPSA) is 29.1 Å². The Kier molecular flexibility index (Phi) is 4.18. The van der Waals surface area contributed by atoms with E-state index >= 15 is 0 Å². The van der Waals surface area contributed by atoms with Gasteiger partial charge >= 0.3 is 0 Å². The summed E-state index contributed by atoms with van der Waals surface area (Å²) in [5, 5.41) is 6.77. The van der Waals surface area contributed by atoms with Crippen molar-refractivity contribution in [1.29, 1.82) is 0 Å². The van der Waals surface area contributed by atoms with Crippen LogP contribution < -0.4 is 5.32 Å². The van der Waals surface area contributed by atoms with Crippen LogP contribution in [0.15, 0.2) is 31.8 Å². The molecule has 0 spiro atoms. The third kappa shape index (κ3) is 2.74. The standard InChI is InChI=1S/C10H7Br2NOS2/c11-6-1-3-15-8(6)5-13-10(14)9-7(12)2-4-16-9/h1-4H,5H2,(H,13,14). The number of carbonyl (C=O) groups is 1. The second-order valence-corrected chi connectivity index (χ2v) is 6.60. The SMILES string of the molecule is O=C(NCc1sccc1Br)c1sccc1Br. The lowest BCUT2D eigenvalue weighted by molar-refractivity contribution is 0.0954. The van der Waals surface area contributed by atoms with Crippen LogP contribution in [-0.2, 0) is 6.54 Å². The van der Waals surface area contributed by atoms with Gasteiger partial charge in [0.25, 0.3) is 5.91 Å². The first-order valence-electron chi connectivity index (χ1n) is 4.41. The van der Waals surface area contributed by atoms with E-state index in [9.17, 15) is 4.79 Å². The van der Waals surface area contributed by atoms with Crippen LogP contribution in [-0.4, -0.2) is 5.91 Å². The maximum Gasteiger partial charge on any atom is 0.262 e. The van der Waals surface area contributed by atoms with Gasteiger partial charge in [-0.05, 0) is 54.8 Å². The molecule has 2 heterocycles. The van der Waals surface area contributed by atoms with Gasteiger partial charge < -0.3 is 5.32 Å². The maximum absolute atomic E-state index is 11.8. The number of carbonyl (C=O) groups excluding carboxylic acids is 1. The van der Waals surface area contributed by atoms with Crippen molar-refractivity contribution in [3.63, 3.8) is 0 Å². The van der Waals surface area contributed by atoms with Gasteiger partial charge in [0.1, 0.15) is 4.88 Å². The van der Waals surface area contributed by atoms with Crippen molar-refractivity contribution in [2.24, 2.45) is 0 Å². The molecule has 0 saturated heterocycles. The zero-order valence-corrected chi connectivity index (χ0v) is 12.8. The number of amides is 1. The Hall–Kier alpha value is -0.170. The van der Waals surface area contributed by atoms with Crippen molar-refractivity contribution < 1.29 is 4.79 Å². The molecule has 0 saturated carbocycles. The molecule has 1 N–H and O–H groups in total. The maximum atomic E-state index is 11.8. The van der Waals surface area contributed by atoms with E-state index in [-0.39, 0.29) is 5.91 Å². The van der Waals surface area contributed by atoms with Crippen LogP contribution in [0.1, 0.15) is 14.5 Å². The quantitative estimate of drug-likeness (QED) is 0.846. The molecule has 2 aromatic heterocycles. The highest BCUT2D eigenvalue weighted by Crippen LogP contribution is 2.24.